The van der Waals surface area contributed by atoms with Crippen LogP contribution in [0.15, 0.2) is 0 Å². The average Bonchev–Trinajstić information content (AvgIpc) is 2.13. The molecular weight excluding hydrogens is 194 g/mol. The summed E-state index contributed by atoms with van der Waals surface area (Å²) in [6.45, 7) is 0.261. The maximum Gasteiger partial charge on any atom is 0.501 e. The van der Waals surface area contributed by atoms with E-state index in [0.29, 0.717) is 6.04 Å². The van der Waals surface area contributed by atoms with Gasteiger partial charge in [0, 0.05) is 33.9 Å². The van der Waals surface area contributed by atoms with E-state index in [2.05, 4.69) is 5.32 Å². The van der Waals surface area contributed by atoms with E-state index in [-0.39, 0.29) is 6.54 Å². The van der Waals surface area contributed by atoms with Crippen molar-refractivity contribution in [1.82, 2.24) is 5.32 Å². The first kappa shape index (κ1) is 12.4. The summed E-state index contributed by atoms with van der Waals surface area (Å²) >= 11 is 0. The molecule has 7 heteroatoms. The second kappa shape index (κ2) is 5.92. The topological polar surface area (TPSA) is 77.0 Å². The van der Waals surface area contributed by atoms with Gasteiger partial charge in [-0.1, -0.05) is 0 Å². The van der Waals surface area contributed by atoms with E-state index in [1.165, 1.54) is 21.3 Å². The van der Waals surface area contributed by atoms with Gasteiger partial charge in [0.25, 0.3) is 0 Å². The molecule has 0 aliphatic rings. The molecule has 0 fully saturated rings. The average molecular weight is 209 g/mol. The van der Waals surface area contributed by atoms with Gasteiger partial charge in [0.2, 0.25) is 0 Å². The number of rotatable bonds is 6. The maximum atomic E-state index is 10.1. The van der Waals surface area contributed by atoms with Crippen LogP contribution < -0.4 is 5.32 Å². The Bertz CT molecular complexity index is 153. The van der Waals surface area contributed by atoms with E-state index in [1.54, 1.807) is 0 Å². The molecule has 0 heterocycles. The van der Waals surface area contributed by atoms with Gasteiger partial charge in [-0.15, -0.1) is 0 Å². The van der Waals surface area contributed by atoms with Crippen LogP contribution in [0.2, 0.25) is 6.04 Å². The first-order valence-corrected chi connectivity index (χ1v) is 5.65. The monoisotopic (exact) mass is 209 g/mol. The first-order valence-electron chi connectivity index (χ1n) is 3.72. The molecule has 1 amide bonds. The van der Waals surface area contributed by atoms with Crippen molar-refractivity contribution in [1.29, 1.82) is 0 Å². The Balaban J connectivity index is 3.88. The minimum Gasteiger partial charge on any atom is -0.465 e. The lowest BCUT2D eigenvalue weighted by atomic mass is 10.7. The highest BCUT2D eigenvalue weighted by molar-refractivity contribution is 6.60. The van der Waals surface area contributed by atoms with Crippen molar-refractivity contribution in [2.45, 2.75) is 6.04 Å². The van der Waals surface area contributed by atoms with Crippen molar-refractivity contribution in [3.63, 3.8) is 0 Å². The molecule has 0 aliphatic heterocycles. The summed E-state index contributed by atoms with van der Waals surface area (Å²) in [5, 5.41) is 10.5. The fraction of sp³-hybridized carbons (Fsp3) is 0.833. The number of hydrogen-bond donors (Lipinski definition) is 2. The zero-order valence-electron chi connectivity index (χ0n) is 7.99. The van der Waals surface area contributed by atoms with Gasteiger partial charge in [0.15, 0.2) is 0 Å². The molecule has 0 aromatic heterocycles. The van der Waals surface area contributed by atoms with Crippen molar-refractivity contribution < 1.29 is 23.2 Å². The normalized spacial score (nSPS) is 11.3. The van der Waals surface area contributed by atoms with Crippen molar-refractivity contribution in [3.8, 4) is 0 Å². The quantitative estimate of drug-likeness (QED) is 0.608. The highest BCUT2D eigenvalue weighted by Gasteiger charge is 2.37. The summed E-state index contributed by atoms with van der Waals surface area (Å²) in [6.07, 6.45) is -1.06. The van der Waals surface area contributed by atoms with Crippen LogP contribution in [-0.2, 0) is 13.3 Å². The molecule has 0 rings (SSSR count). The molecule has 0 bridgehead atoms. The Hall–Kier alpha value is -0.633. The smallest absolute Gasteiger partial charge is 0.465 e. The molecule has 0 saturated carbocycles. The van der Waals surface area contributed by atoms with Crippen molar-refractivity contribution in [3.05, 3.63) is 0 Å². The third-order valence-electron chi connectivity index (χ3n) is 1.64. The Labute approximate surface area is 78.2 Å². The second-order valence-electron chi connectivity index (χ2n) is 2.28. The molecule has 13 heavy (non-hydrogen) atoms. The predicted octanol–water partition coefficient (Wildman–Crippen LogP) is 0.132. The fourth-order valence-electron chi connectivity index (χ4n) is 0.879. The summed E-state index contributed by atoms with van der Waals surface area (Å²) in [5.41, 5.74) is 0. The maximum absolute atomic E-state index is 10.1. The lowest BCUT2D eigenvalue weighted by Gasteiger charge is -2.23. The third-order valence-corrected chi connectivity index (χ3v) is 4.37. The molecule has 0 radical (unpaired) electrons. The van der Waals surface area contributed by atoms with Crippen molar-refractivity contribution >= 4 is 14.9 Å². The van der Waals surface area contributed by atoms with Gasteiger partial charge in [0.05, 0.1) is 0 Å². The molecule has 6 nitrogen and oxygen atoms in total. The highest BCUT2D eigenvalue weighted by Crippen LogP contribution is 2.10. The van der Waals surface area contributed by atoms with Gasteiger partial charge in [-0.25, -0.2) is 4.79 Å². The lowest BCUT2D eigenvalue weighted by Crippen LogP contribution is -2.45. The van der Waals surface area contributed by atoms with Gasteiger partial charge in [-0.05, 0) is 0 Å². The molecule has 0 aromatic carbocycles. The second-order valence-corrected chi connectivity index (χ2v) is 5.37. The van der Waals surface area contributed by atoms with Crippen LogP contribution in [0.5, 0.6) is 0 Å². The van der Waals surface area contributed by atoms with Crippen molar-refractivity contribution in [2.75, 3.05) is 27.9 Å². The van der Waals surface area contributed by atoms with E-state index in [1.807, 2.05) is 0 Å². The predicted molar refractivity (Wildman–Crippen MR) is 47.6 cm³/mol. The minimum atomic E-state index is -2.61. The summed E-state index contributed by atoms with van der Waals surface area (Å²) < 4.78 is 15.2. The summed E-state index contributed by atoms with van der Waals surface area (Å²) in [5.74, 6) is 0. The lowest BCUT2D eigenvalue weighted by molar-refractivity contribution is 0.123. The van der Waals surface area contributed by atoms with Gasteiger partial charge in [-0.2, -0.15) is 0 Å². The molecular formula is C6H15NO5Si. The van der Waals surface area contributed by atoms with E-state index >= 15 is 0 Å². The first-order chi connectivity index (χ1) is 6.10. The van der Waals surface area contributed by atoms with Gasteiger partial charge in [-0.3, -0.25) is 0 Å². The molecule has 0 spiro atoms. The van der Waals surface area contributed by atoms with Crippen molar-refractivity contribution in [2.24, 2.45) is 0 Å². The van der Waals surface area contributed by atoms with Crippen LogP contribution in [0.25, 0.3) is 0 Å². The molecule has 0 aliphatic carbocycles. The van der Waals surface area contributed by atoms with Crippen LogP contribution in [0.3, 0.4) is 0 Å². The molecule has 0 aromatic rings. The number of hydrogen-bond acceptors (Lipinski definition) is 4. The molecule has 78 valence electrons. The molecule has 2 N–H and O–H groups in total. The largest absolute Gasteiger partial charge is 0.501 e. The molecule has 0 atom stereocenters. The number of carboxylic acid groups (broad SMARTS) is 1. The fourth-order valence-corrected chi connectivity index (χ4v) is 2.42. The van der Waals surface area contributed by atoms with E-state index in [4.69, 9.17) is 18.4 Å². The van der Waals surface area contributed by atoms with Crippen LogP contribution in [0.1, 0.15) is 0 Å². The standard InChI is InChI=1S/C6H15NO5Si/c1-10-13(11-2,12-3)5-4-7-6(8)9/h7H,4-5H2,1-3H3,(H,8,9). The third kappa shape index (κ3) is 4.22. The van der Waals surface area contributed by atoms with E-state index in [0.717, 1.165) is 0 Å². The zero-order chi connectivity index (χ0) is 10.3. The Kier molecular flexibility index (Phi) is 5.63. The Morgan fingerprint density at radius 2 is 1.77 bits per heavy atom. The van der Waals surface area contributed by atoms with Gasteiger partial charge in [0.1, 0.15) is 0 Å². The van der Waals surface area contributed by atoms with Gasteiger partial charge < -0.3 is 23.7 Å². The highest BCUT2D eigenvalue weighted by atomic mass is 28.4. The van der Waals surface area contributed by atoms with Crippen LogP contribution in [0, 0.1) is 0 Å². The van der Waals surface area contributed by atoms with Crippen LogP contribution in [0.4, 0.5) is 4.79 Å². The zero-order valence-corrected chi connectivity index (χ0v) is 8.99. The Morgan fingerprint density at radius 1 is 1.31 bits per heavy atom. The van der Waals surface area contributed by atoms with Crippen LogP contribution in [-0.4, -0.2) is 47.9 Å². The summed E-state index contributed by atoms with van der Waals surface area (Å²) in [6, 6.07) is 0.419. The number of carbonyl (C=O) groups is 1. The molecule has 0 unspecified atom stereocenters. The van der Waals surface area contributed by atoms with E-state index in [9.17, 15) is 4.79 Å². The Morgan fingerprint density at radius 3 is 2.08 bits per heavy atom. The number of amides is 1. The molecule has 0 saturated heterocycles. The summed E-state index contributed by atoms with van der Waals surface area (Å²) in [7, 11) is 1.85. The SMILES string of the molecule is CO[Si](CCNC(=O)O)(OC)OC. The van der Waals surface area contributed by atoms with E-state index < -0.39 is 14.9 Å². The number of nitrogens with one attached hydrogen (secondary N) is 1. The van der Waals surface area contributed by atoms with Crippen LogP contribution >= 0.6 is 0 Å². The minimum absolute atomic E-state index is 0.261. The van der Waals surface area contributed by atoms with Gasteiger partial charge >= 0.3 is 14.9 Å². The summed E-state index contributed by atoms with van der Waals surface area (Å²) in [4.78, 5) is 10.1.